The van der Waals surface area contributed by atoms with Gasteiger partial charge in [-0.15, -0.1) is 0 Å². The van der Waals surface area contributed by atoms with Crippen LogP contribution in [0.2, 0.25) is 0 Å². The van der Waals surface area contributed by atoms with E-state index in [-0.39, 0.29) is 28.9 Å². The molecule has 0 amide bonds. The maximum absolute atomic E-state index is 11.8. The topological polar surface area (TPSA) is 196 Å². The molecule has 4 heterocycles. The highest BCUT2D eigenvalue weighted by Crippen LogP contribution is 2.13. The predicted octanol–water partition coefficient (Wildman–Crippen LogP) is 8.27. The Morgan fingerprint density at radius 2 is 1.12 bits per heavy atom. The first-order valence-electron chi connectivity index (χ1n) is 19.3. The lowest BCUT2D eigenvalue weighted by molar-refractivity contribution is 0.0937. The fourth-order valence-corrected chi connectivity index (χ4v) is 5.33. The molecule has 0 bridgehead atoms. The molecule has 0 atom stereocenters. The molecule has 0 aliphatic heterocycles. The van der Waals surface area contributed by atoms with Crippen LogP contribution < -0.4 is 20.7 Å². The molecule has 2 N–H and O–H groups in total. The summed E-state index contributed by atoms with van der Waals surface area (Å²) in [6.45, 7) is 3.60. The summed E-state index contributed by atoms with van der Waals surface area (Å²) in [5.74, 6) is 2.43. The zero-order chi connectivity index (χ0) is 41.8. The van der Waals surface area contributed by atoms with Gasteiger partial charge in [-0.3, -0.25) is 19.4 Å². The first kappa shape index (κ1) is 45.9. The molecule has 4 aromatic heterocycles. The number of nitrogens with zero attached hydrogens (tertiary/aromatic N) is 4. The molecule has 2 aromatic carbocycles. The highest BCUT2D eigenvalue weighted by molar-refractivity contribution is 5.91. The van der Waals surface area contributed by atoms with Crippen LogP contribution in [-0.4, -0.2) is 55.7 Å². The van der Waals surface area contributed by atoms with Gasteiger partial charge in [0.25, 0.3) is 17.3 Å². The van der Waals surface area contributed by atoms with E-state index >= 15 is 0 Å². The summed E-state index contributed by atoms with van der Waals surface area (Å²) in [6, 6.07) is 24.2. The number of aromatic nitrogens is 6. The zero-order valence-corrected chi connectivity index (χ0v) is 33.8. The minimum Gasteiger partial charge on any atom is -0.481 e. The average Bonchev–Trinajstić information content (AvgIpc) is 3.90. The number of unbranched alkanes of at least 4 members (excludes halogenated alkanes) is 6. The van der Waals surface area contributed by atoms with Crippen molar-refractivity contribution in [3.8, 4) is 11.9 Å². The number of oxazole rings is 2. The minimum absolute atomic E-state index is 0.0150. The lowest BCUT2D eigenvalue weighted by atomic mass is 10.0. The number of benzene rings is 2. The summed E-state index contributed by atoms with van der Waals surface area (Å²) in [4.78, 5) is 63.7. The number of nitrogens with one attached hydrogen (secondary N) is 2. The van der Waals surface area contributed by atoms with Crippen LogP contribution >= 0.6 is 0 Å². The van der Waals surface area contributed by atoms with Crippen molar-refractivity contribution in [2.75, 3.05) is 14.2 Å². The van der Waals surface area contributed by atoms with E-state index in [4.69, 9.17) is 18.3 Å². The van der Waals surface area contributed by atoms with Crippen molar-refractivity contribution in [2.45, 2.75) is 90.9 Å². The molecule has 0 saturated heterocycles. The molecule has 14 heteroatoms. The number of hydrogen-bond donors (Lipinski definition) is 2. The van der Waals surface area contributed by atoms with Gasteiger partial charge < -0.3 is 23.3 Å². The monoisotopic (exact) mass is 794 g/mol. The SMILES string of the molecule is COc1ccnc(OC)n1.Cc1cnc(C(=O)CCCCCCc2ccccc2)o1.Cc1cnc(C(=O)CCCCCCc2ccccc2)o1.O=c1cc[nH]c(=O)[nH]1. The van der Waals surface area contributed by atoms with Crippen molar-refractivity contribution in [2.24, 2.45) is 0 Å². The molecule has 6 aromatic rings. The van der Waals surface area contributed by atoms with E-state index in [9.17, 15) is 19.2 Å². The third-order valence-electron chi connectivity index (χ3n) is 8.33. The molecule has 308 valence electrons. The number of aryl methyl sites for hydroxylation is 4. The molecule has 0 fully saturated rings. The molecular weight excluding hydrogens is 741 g/mol. The Balaban J connectivity index is 0.000000221. The molecule has 0 aliphatic rings. The highest BCUT2D eigenvalue weighted by atomic mass is 16.5. The number of hydrogen-bond acceptors (Lipinski definition) is 12. The zero-order valence-electron chi connectivity index (χ0n) is 33.8. The number of H-pyrrole nitrogens is 2. The van der Waals surface area contributed by atoms with Crippen LogP contribution in [0, 0.1) is 13.8 Å². The van der Waals surface area contributed by atoms with Crippen molar-refractivity contribution in [1.29, 1.82) is 0 Å². The van der Waals surface area contributed by atoms with E-state index < -0.39 is 5.69 Å². The van der Waals surface area contributed by atoms with Crippen LogP contribution in [0.25, 0.3) is 0 Å². The second-order valence-electron chi connectivity index (χ2n) is 13.1. The molecule has 0 unspecified atom stereocenters. The normalized spacial score (nSPS) is 10.1. The van der Waals surface area contributed by atoms with Crippen LogP contribution in [-0.2, 0) is 12.8 Å². The lowest BCUT2D eigenvalue weighted by Gasteiger charge is -2.01. The number of aromatic amines is 2. The smallest absolute Gasteiger partial charge is 0.325 e. The molecule has 58 heavy (non-hydrogen) atoms. The largest absolute Gasteiger partial charge is 0.481 e. The fraction of sp³-hybridized carbons (Fsp3) is 0.364. The molecule has 14 nitrogen and oxygen atoms in total. The predicted molar refractivity (Wildman–Crippen MR) is 220 cm³/mol. The van der Waals surface area contributed by atoms with Crippen LogP contribution in [0.5, 0.6) is 11.9 Å². The maximum atomic E-state index is 11.8. The van der Waals surface area contributed by atoms with Crippen LogP contribution in [0.15, 0.2) is 116 Å². The third-order valence-corrected chi connectivity index (χ3v) is 8.33. The Morgan fingerprint density at radius 1 is 0.621 bits per heavy atom. The van der Waals surface area contributed by atoms with Crippen LogP contribution in [0.1, 0.15) is 108 Å². The molecule has 0 spiro atoms. The summed E-state index contributed by atoms with van der Waals surface area (Å²) in [7, 11) is 3.05. The summed E-state index contributed by atoms with van der Waals surface area (Å²) in [6.07, 6.45) is 18.0. The average molecular weight is 795 g/mol. The maximum Gasteiger partial charge on any atom is 0.325 e. The Bertz CT molecular complexity index is 2000. The first-order chi connectivity index (χ1) is 28.2. The van der Waals surface area contributed by atoms with Crippen molar-refractivity contribution < 1.29 is 27.9 Å². The molecule has 6 rings (SSSR count). The van der Waals surface area contributed by atoms with Crippen molar-refractivity contribution in [3.05, 3.63) is 153 Å². The molecular formula is C44H54N6O8. The van der Waals surface area contributed by atoms with Crippen molar-refractivity contribution >= 4 is 11.6 Å². The van der Waals surface area contributed by atoms with E-state index in [1.54, 1.807) is 45.6 Å². The van der Waals surface area contributed by atoms with Crippen LogP contribution in [0.3, 0.4) is 0 Å². The molecule has 0 radical (unpaired) electrons. The number of rotatable bonds is 18. The van der Waals surface area contributed by atoms with E-state index in [1.165, 1.54) is 43.3 Å². The van der Waals surface area contributed by atoms with E-state index in [0.29, 0.717) is 36.3 Å². The Labute approximate surface area is 338 Å². The number of ketones is 2. The fourth-order valence-electron chi connectivity index (χ4n) is 5.33. The second kappa shape index (κ2) is 27.2. The number of carbonyl (C=O) groups is 2. The van der Waals surface area contributed by atoms with Gasteiger partial charge in [0.05, 0.1) is 26.6 Å². The van der Waals surface area contributed by atoms with Gasteiger partial charge in [0.1, 0.15) is 11.5 Å². The standard InChI is InChI=1S/2C17H21NO2.C6H8N2O2.C4H4N2O2/c2*1-14-13-18-17(20-14)16(19)12-8-3-2-5-9-15-10-6-4-7-11-15;1-9-5-3-4-7-6(8-5)10-2;7-3-1-2-5-4(8)6-3/h2*4,6-7,10-11,13H,2-3,5,8-9,12H2,1H3;3-4H,1-2H3;1-2H,(H2,5,6,7,8). The second-order valence-corrected chi connectivity index (χ2v) is 13.1. The van der Waals surface area contributed by atoms with Gasteiger partial charge in [-0.05, 0) is 63.5 Å². The van der Waals surface area contributed by atoms with Gasteiger partial charge in [0, 0.05) is 37.4 Å². The van der Waals surface area contributed by atoms with Gasteiger partial charge in [-0.2, -0.15) is 4.98 Å². The van der Waals surface area contributed by atoms with Gasteiger partial charge in [0.15, 0.2) is 0 Å². The summed E-state index contributed by atoms with van der Waals surface area (Å²) < 4.78 is 20.0. The van der Waals surface area contributed by atoms with Crippen LogP contribution in [0.4, 0.5) is 0 Å². The van der Waals surface area contributed by atoms with E-state index in [1.807, 2.05) is 17.1 Å². The quantitative estimate of drug-likeness (QED) is 0.0625. The number of carbonyl (C=O) groups excluding carboxylic acids is 2. The van der Waals surface area contributed by atoms with Gasteiger partial charge >= 0.3 is 11.7 Å². The van der Waals surface area contributed by atoms with Crippen molar-refractivity contribution in [3.63, 3.8) is 0 Å². The minimum atomic E-state index is -0.475. The number of Topliss-reactive ketones (excluding diaryl/α,β-unsaturated/α-hetero) is 2. The Morgan fingerprint density at radius 3 is 1.52 bits per heavy atom. The Kier molecular flexibility index (Phi) is 21.6. The lowest BCUT2D eigenvalue weighted by Crippen LogP contribution is -2.19. The van der Waals surface area contributed by atoms with E-state index in [2.05, 4.69) is 73.5 Å². The molecule has 0 aliphatic carbocycles. The molecule has 0 saturated carbocycles. The number of ether oxygens (including phenoxy) is 2. The summed E-state index contributed by atoms with van der Waals surface area (Å²) in [5.41, 5.74) is 1.92. The van der Waals surface area contributed by atoms with Crippen molar-refractivity contribution in [1.82, 2.24) is 29.9 Å². The highest BCUT2D eigenvalue weighted by Gasteiger charge is 2.12. The van der Waals surface area contributed by atoms with Gasteiger partial charge in [0.2, 0.25) is 17.4 Å². The number of methoxy groups -OCH3 is 2. The van der Waals surface area contributed by atoms with E-state index in [0.717, 1.165) is 51.4 Å². The summed E-state index contributed by atoms with van der Waals surface area (Å²) >= 11 is 0. The third kappa shape index (κ3) is 19.4. The van der Waals surface area contributed by atoms with Gasteiger partial charge in [-0.25, -0.2) is 19.7 Å². The first-order valence-corrected chi connectivity index (χ1v) is 19.3. The van der Waals surface area contributed by atoms with Gasteiger partial charge in [-0.1, -0.05) is 86.3 Å². The summed E-state index contributed by atoms with van der Waals surface area (Å²) in [5, 5.41) is 0. The Hall–Kier alpha value is -6.44.